The second kappa shape index (κ2) is 13.1. The van der Waals surface area contributed by atoms with Crippen molar-refractivity contribution in [3.8, 4) is 0 Å². The SMILES string of the molecule is CC(=O)CC(SC[C@H](NC(=O)CC[C@H](N)C(=O)O)C(=O)NCC(=O)O)C(C)C. The molecule has 0 aromatic carbocycles. The molecule has 10 nitrogen and oxygen atoms in total. The Morgan fingerprint density at radius 2 is 1.71 bits per heavy atom. The molecule has 3 atom stereocenters. The first-order valence-electron chi connectivity index (χ1n) is 8.82. The van der Waals surface area contributed by atoms with E-state index in [0.717, 1.165) is 0 Å². The standard InChI is InChI=1S/C17H29N3O7S/c1-9(2)13(6-10(3)21)28-8-12(16(25)19-7-15(23)24)20-14(22)5-4-11(18)17(26)27/h9,11-13H,4-8,18H2,1-3H3,(H,19,25)(H,20,22)(H,23,24)(H,26,27)/t11-,12-,13?/m0/s1. The Bertz CT molecular complexity index is 583. The molecule has 0 saturated carbocycles. The quantitative estimate of drug-likeness (QED) is 0.251. The summed E-state index contributed by atoms with van der Waals surface area (Å²) >= 11 is 1.34. The van der Waals surface area contributed by atoms with Crippen molar-refractivity contribution in [1.82, 2.24) is 10.6 Å². The number of carbonyl (C=O) groups excluding carboxylic acids is 3. The van der Waals surface area contributed by atoms with Crippen LogP contribution in [0.3, 0.4) is 0 Å². The monoisotopic (exact) mass is 419 g/mol. The van der Waals surface area contributed by atoms with Crippen molar-refractivity contribution >= 4 is 41.3 Å². The lowest BCUT2D eigenvalue weighted by atomic mass is 10.1. The van der Waals surface area contributed by atoms with Crippen LogP contribution in [-0.4, -0.2) is 69.4 Å². The third-order valence-corrected chi connectivity index (χ3v) is 5.44. The fourth-order valence-corrected chi connectivity index (χ4v) is 3.55. The molecule has 0 saturated heterocycles. The van der Waals surface area contributed by atoms with E-state index in [9.17, 15) is 24.0 Å². The van der Waals surface area contributed by atoms with Crippen LogP contribution in [0.25, 0.3) is 0 Å². The summed E-state index contributed by atoms with van der Waals surface area (Å²) in [6.45, 7) is 4.75. The average Bonchev–Trinajstić information content (AvgIpc) is 2.58. The molecule has 0 heterocycles. The molecule has 0 aliphatic heterocycles. The maximum atomic E-state index is 12.2. The van der Waals surface area contributed by atoms with E-state index in [1.807, 2.05) is 13.8 Å². The Kier molecular flexibility index (Phi) is 12.1. The molecule has 160 valence electrons. The van der Waals surface area contributed by atoms with Crippen molar-refractivity contribution in [2.75, 3.05) is 12.3 Å². The van der Waals surface area contributed by atoms with Crippen molar-refractivity contribution in [1.29, 1.82) is 0 Å². The molecule has 11 heteroatoms. The fourth-order valence-electron chi connectivity index (χ4n) is 2.14. The Morgan fingerprint density at radius 3 is 2.18 bits per heavy atom. The second-order valence-corrected chi connectivity index (χ2v) is 8.01. The molecule has 0 spiro atoms. The van der Waals surface area contributed by atoms with E-state index in [4.69, 9.17) is 15.9 Å². The molecular formula is C17H29N3O7S. The van der Waals surface area contributed by atoms with Crippen LogP contribution in [0, 0.1) is 5.92 Å². The van der Waals surface area contributed by atoms with E-state index >= 15 is 0 Å². The predicted octanol–water partition coefficient (Wildman–Crippen LogP) is -0.399. The van der Waals surface area contributed by atoms with Crippen LogP contribution in [0.5, 0.6) is 0 Å². The van der Waals surface area contributed by atoms with E-state index < -0.39 is 42.4 Å². The van der Waals surface area contributed by atoms with Crippen LogP contribution in [-0.2, 0) is 24.0 Å². The van der Waals surface area contributed by atoms with Crippen molar-refractivity contribution in [3.63, 3.8) is 0 Å². The lowest BCUT2D eigenvalue weighted by Crippen LogP contribution is -2.49. The molecule has 0 aliphatic carbocycles. The largest absolute Gasteiger partial charge is 0.480 e. The lowest BCUT2D eigenvalue weighted by Gasteiger charge is -2.23. The second-order valence-electron chi connectivity index (χ2n) is 6.74. The van der Waals surface area contributed by atoms with E-state index in [1.54, 1.807) is 0 Å². The molecule has 0 aromatic heterocycles. The zero-order chi connectivity index (χ0) is 21.9. The van der Waals surface area contributed by atoms with Crippen LogP contribution in [0.4, 0.5) is 0 Å². The molecule has 0 fully saturated rings. The number of ketones is 1. The number of hydrogen-bond acceptors (Lipinski definition) is 7. The van der Waals surface area contributed by atoms with Gasteiger partial charge < -0.3 is 26.6 Å². The Hall–Kier alpha value is -2.14. The fraction of sp³-hybridized carbons (Fsp3) is 0.706. The van der Waals surface area contributed by atoms with Gasteiger partial charge in [-0.1, -0.05) is 13.8 Å². The van der Waals surface area contributed by atoms with Gasteiger partial charge in [-0.05, 0) is 19.3 Å². The first kappa shape index (κ1) is 25.9. The molecule has 0 aliphatic rings. The van der Waals surface area contributed by atoms with Crippen LogP contribution >= 0.6 is 11.8 Å². The summed E-state index contributed by atoms with van der Waals surface area (Å²) in [5.74, 6) is -3.40. The van der Waals surface area contributed by atoms with Gasteiger partial charge in [-0.2, -0.15) is 11.8 Å². The molecule has 2 amide bonds. The summed E-state index contributed by atoms with van der Waals surface area (Å²) in [6, 6.07) is -2.22. The van der Waals surface area contributed by atoms with E-state index in [2.05, 4.69) is 10.6 Å². The van der Waals surface area contributed by atoms with Gasteiger partial charge in [0.05, 0.1) is 0 Å². The number of amides is 2. The molecular weight excluding hydrogens is 390 g/mol. The first-order chi connectivity index (χ1) is 12.9. The Morgan fingerprint density at radius 1 is 1.11 bits per heavy atom. The minimum Gasteiger partial charge on any atom is -0.480 e. The molecule has 0 aromatic rings. The van der Waals surface area contributed by atoms with Gasteiger partial charge >= 0.3 is 11.9 Å². The molecule has 0 radical (unpaired) electrons. The van der Waals surface area contributed by atoms with Crippen LogP contribution < -0.4 is 16.4 Å². The summed E-state index contributed by atoms with van der Waals surface area (Å²) in [5.41, 5.74) is 5.35. The molecule has 0 rings (SSSR count). The Labute approximate surface area is 168 Å². The number of carboxylic acids is 2. The maximum absolute atomic E-state index is 12.2. The molecule has 1 unspecified atom stereocenters. The molecule has 6 N–H and O–H groups in total. The topological polar surface area (TPSA) is 176 Å². The van der Waals surface area contributed by atoms with Crippen molar-refractivity contribution < 1.29 is 34.2 Å². The summed E-state index contributed by atoms with van der Waals surface area (Å²) in [7, 11) is 0. The number of Topliss-reactive ketones (excluding diaryl/α,β-unsaturated/α-hetero) is 1. The maximum Gasteiger partial charge on any atom is 0.322 e. The third-order valence-electron chi connectivity index (χ3n) is 3.77. The normalized spacial score (nSPS) is 14.0. The highest BCUT2D eigenvalue weighted by Crippen LogP contribution is 2.24. The van der Waals surface area contributed by atoms with Gasteiger partial charge in [-0.15, -0.1) is 0 Å². The van der Waals surface area contributed by atoms with Gasteiger partial charge in [0.25, 0.3) is 0 Å². The summed E-state index contributed by atoms with van der Waals surface area (Å²) in [6.07, 6.45) is 0.0197. The summed E-state index contributed by atoms with van der Waals surface area (Å²) in [4.78, 5) is 57.1. The van der Waals surface area contributed by atoms with Crippen molar-refractivity contribution in [2.24, 2.45) is 11.7 Å². The smallest absolute Gasteiger partial charge is 0.322 e. The number of thioether (sulfide) groups is 1. The van der Waals surface area contributed by atoms with Gasteiger partial charge in [0.15, 0.2) is 0 Å². The van der Waals surface area contributed by atoms with Gasteiger partial charge in [0.1, 0.15) is 24.4 Å². The summed E-state index contributed by atoms with van der Waals surface area (Å²) < 4.78 is 0. The summed E-state index contributed by atoms with van der Waals surface area (Å²) in [5, 5.41) is 22.1. The van der Waals surface area contributed by atoms with Gasteiger partial charge in [-0.25, -0.2) is 0 Å². The number of rotatable bonds is 14. The van der Waals surface area contributed by atoms with E-state index in [0.29, 0.717) is 6.42 Å². The van der Waals surface area contributed by atoms with E-state index in [-0.39, 0.29) is 35.5 Å². The van der Waals surface area contributed by atoms with Crippen LogP contribution in [0.15, 0.2) is 0 Å². The molecule has 0 bridgehead atoms. The van der Waals surface area contributed by atoms with Crippen molar-refractivity contribution in [2.45, 2.75) is 57.4 Å². The predicted molar refractivity (Wildman–Crippen MR) is 104 cm³/mol. The number of carbonyl (C=O) groups is 5. The zero-order valence-electron chi connectivity index (χ0n) is 16.3. The highest BCUT2D eigenvalue weighted by atomic mass is 32.2. The average molecular weight is 420 g/mol. The minimum atomic E-state index is -1.23. The number of aliphatic carboxylic acids is 2. The van der Waals surface area contributed by atoms with Gasteiger partial charge in [0, 0.05) is 23.8 Å². The molecule has 28 heavy (non-hydrogen) atoms. The van der Waals surface area contributed by atoms with Crippen LogP contribution in [0.2, 0.25) is 0 Å². The van der Waals surface area contributed by atoms with Crippen molar-refractivity contribution in [3.05, 3.63) is 0 Å². The van der Waals surface area contributed by atoms with E-state index in [1.165, 1.54) is 18.7 Å². The minimum absolute atomic E-state index is 0.00442. The highest BCUT2D eigenvalue weighted by molar-refractivity contribution is 8.00. The number of hydrogen-bond donors (Lipinski definition) is 5. The number of nitrogens with two attached hydrogens (primary N) is 1. The van der Waals surface area contributed by atoms with Gasteiger partial charge in [0.2, 0.25) is 11.8 Å². The van der Waals surface area contributed by atoms with Crippen LogP contribution in [0.1, 0.15) is 40.0 Å². The first-order valence-corrected chi connectivity index (χ1v) is 9.87. The zero-order valence-corrected chi connectivity index (χ0v) is 17.1. The number of nitrogens with one attached hydrogen (secondary N) is 2. The van der Waals surface area contributed by atoms with Gasteiger partial charge in [-0.3, -0.25) is 24.0 Å². The number of carboxylic acid groups (broad SMARTS) is 2. The highest BCUT2D eigenvalue weighted by Gasteiger charge is 2.25. The Balaban J connectivity index is 4.96. The third kappa shape index (κ3) is 11.5. The lowest BCUT2D eigenvalue weighted by molar-refractivity contribution is -0.139.